The Morgan fingerprint density at radius 2 is 1.73 bits per heavy atom. The van der Waals surface area contributed by atoms with Crippen molar-refractivity contribution in [2.75, 3.05) is 0 Å². The standard InChI is InChI=1S/C28H19Cl2F2N3O4S/c29-18-5-2-16(3-6-18)14-34-27(37)22-15-33-25-21(26(22)36)11-20(12-24(25)32)40(38,39)28(8-1-9-35-28)13-17-4-7-19(30)10-23(17)31/h1-12,15H,13-14H2,(H,33,36)(H,34,37). The van der Waals surface area contributed by atoms with Gasteiger partial charge in [-0.25, -0.2) is 17.2 Å². The molecule has 12 heteroatoms. The van der Waals surface area contributed by atoms with Crippen LogP contribution in [0.5, 0.6) is 0 Å². The summed E-state index contributed by atoms with van der Waals surface area (Å²) in [7, 11) is -4.53. The van der Waals surface area contributed by atoms with Gasteiger partial charge >= 0.3 is 0 Å². The molecular weight excluding hydrogens is 583 g/mol. The third-order valence-electron chi connectivity index (χ3n) is 6.50. The maximum Gasteiger partial charge on any atom is 0.257 e. The van der Waals surface area contributed by atoms with Crippen LogP contribution in [0.15, 0.2) is 87.6 Å². The smallest absolute Gasteiger partial charge is 0.257 e. The fourth-order valence-corrected chi connectivity index (χ4v) is 6.40. The highest BCUT2D eigenvalue weighted by Gasteiger charge is 2.44. The number of nitrogens with one attached hydrogen (secondary N) is 2. The average Bonchev–Trinajstić information content (AvgIpc) is 3.41. The monoisotopic (exact) mass is 601 g/mol. The summed E-state index contributed by atoms with van der Waals surface area (Å²) >= 11 is 11.7. The maximum atomic E-state index is 15.2. The second-order valence-electron chi connectivity index (χ2n) is 9.07. The predicted molar refractivity (Wildman–Crippen MR) is 150 cm³/mol. The Morgan fingerprint density at radius 1 is 1.00 bits per heavy atom. The highest BCUT2D eigenvalue weighted by atomic mass is 35.5. The summed E-state index contributed by atoms with van der Waals surface area (Å²) in [6.45, 7) is 0.0877. The number of allylic oxidation sites excluding steroid dienone is 1. The fourth-order valence-electron chi connectivity index (χ4n) is 4.37. The number of rotatable bonds is 7. The number of aromatic amines is 1. The van der Waals surface area contributed by atoms with E-state index in [1.165, 1.54) is 30.5 Å². The summed E-state index contributed by atoms with van der Waals surface area (Å²) in [5.74, 6) is -2.50. The summed E-state index contributed by atoms with van der Waals surface area (Å²) in [6.07, 6.45) is 4.56. The Kier molecular flexibility index (Phi) is 7.34. The van der Waals surface area contributed by atoms with E-state index in [2.05, 4.69) is 15.3 Å². The van der Waals surface area contributed by atoms with Gasteiger partial charge in [-0.1, -0.05) is 41.4 Å². The molecule has 1 amide bonds. The van der Waals surface area contributed by atoms with E-state index >= 15 is 4.39 Å². The number of halogens is 4. The molecule has 3 aromatic carbocycles. The van der Waals surface area contributed by atoms with Crippen molar-refractivity contribution in [3.05, 3.63) is 122 Å². The van der Waals surface area contributed by atoms with Crippen molar-refractivity contribution in [3.8, 4) is 0 Å². The number of aliphatic imine (C=N–C) groups is 1. The number of carbonyl (C=O) groups excluding carboxylic acids is 1. The first-order valence-corrected chi connectivity index (χ1v) is 14.0. The number of aromatic nitrogens is 1. The first-order valence-electron chi connectivity index (χ1n) is 11.8. The van der Waals surface area contributed by atoms with Crippen LogP contribution in [0, 0.1) is 11.6 Å². The summed E-state index contributed by atoms with van der Waals surface area (Å²) < 4.78 is 57.5. The van der Waals surface area contributed by atoms with Gasteiger partial charge in [-0.15, -0.1) is 0 Å². The molecule has 2 heterocycles. The molecule has 1 atom stereocenters. The van der Waals surface area contributed by atoms with Crippen molar-refractivity contribution < 1.29 is 22.0 Å². The van der Waals surface area contributed by atoms with Gasteiger partial charge < -0.3 is 10.3 Å². The number of amides is 1. The minimum absolute atomic E-state index is 0.0235. The van der Waals surface area contributed by atoms with Crippen molar-refractivity contribution in [1.82, 2.24) is 10.3 Å². The van der Waals surface area contributed by atoms with Gasteiger partial charge in [-0.3, -0.25) is 14.6 Å². The number of fused-ring (bicyclic) bond motifs is 1. The van der Waals surface area contributed by atoms with Gasteiger partial charge in [0, 0.05) is 35.4 Å². The molecule has 0 saturated heterocycles. The molecule has 0 spiro atoms. The van der Waals surface area contributed by atoms with Crippen LogP contribution in [-0.2, 0) is 22.8 Å². The molecule has 1 aromatic heterocycles. The van der Waals surface area contributed by atoms with Gasteiger partial charge in [0.1, 0.15) is 17.2 Å². The van der Waals surface area contributed by atoms with E-state index in [1.807, 2.05) is 0 Å². The van der Waals surface area contributed by atoms with Crippen LogP contribution < -0.4 is 10.7 Å². The van der Waals surface area contributed by atoms with Crippen molar-refractivity contribution in [1.29, 1.82) is 0 Å². The minimum Gasteiger partial charge on any atom is -0.358 e. The Labute approximate surface area is 237 Å². The Morgan fingerprint density at radius 3 is 2.40 bits per heavy atom. The van der Waals surface area contributed by atoms with Gasteiger partial charge in [0.2, 0.25) is 15.3 Å². The summed E-state index contributed by atoms with van der Waals surface area (Å²) in [4.78, 5) is 30.2. The lowest BCUT2D eigenvalue weighted by Gasteiger charge is -2.25. The topological polar surface area (TPSA) is 108 Å². The van der Waals surface area contributed by atoms with E-state index in [-0.39, 0.29) is 33.6 Å². The molecule has 0 radical (unpaired) electrons. The fraction of sp³-hybridized carbons (Fsp3) is 0.107. The van der Waals surface area contributed by atoms with Crippen molar-refractivity contribution >= 4 is 56.1 Å². The SMILES string of the molecule is O=C(NCc1ccc(Cl)cc1)c1c[nH]c2c(F)cc(S(=O)(=O)C3(Cc4ccc(Cl)cc4F)C=CC=N3)cc2c1=O. The van der Waals surface area contributed by atoms with Gasteiger partial charge in [0.25, 0.3) is 5.91 Å². The lowest BCUT2D eigenvalue weighted by Crippen LogP contribution is -2.36. The Balaban J connectivity index is 1.53. The number of benzene rings is 3. The van der Waals surface area contributed by atoms with Crippen LogP contribution in [0.1, 0.15) is 21.5 Å². The van der Waals surface area contributed by atoms with Gasteiger partial charge in [-0.05, 0) is 59.7 Å². The zero-order valence-corrected chi connectivity index (χ0v) is 22.7. The lowest BCUT2D eigenvalue weighted by molar-refractivity contribution is 0.0949. The largest absolute Gasteiger partial charge is 0.358 e. The molecule has 0 saturated carbocycles. The molecular formula is C28H19Cl2F2N3O4S. The van der Waals surface area contributed by atoms with Gasteiger partial charge in [0.15, 0.2) is 4.87 Å². The first kappa shape index (κ1) is 27.7. The third kappa shape index (κ3) is 5.05. The molecule has 7 nitrogen and oxygen atoms in total. The van der Waals surface area contributed by atoms with Gasteiger partial charge in [0.05, 0.1) is 15.8 Å². The summed E-state index contributed by atoms with van der Waals surface area (Å²) in [5.41, 5.74) is -0.743. The van der Waals surface area contributed by atoms with E-state index in [4.69, 9.17) is 23.2 Å². The second-order valence-corrected chi connectivity index (χ2v) is 12.1. The summed E-state index contributed by atoms with van der Waals surface area (Å²) in [6, 6.07) is 12.3. The van der Waals surface area contributed by atoms with Crippen molar-refractivity contribution in [3.63, 3.8) is 0 Å². The van der Waals surface area contributed by atoms with E-state index in [0.717, 1.165) is 30.0 Å². The normalized spacial score (nSPS) is 16.5. The highest BCUT2D eigenvalue weighted by Crippen LogP contribution is 2.36. The van der Waals surface area contributed by atoms with Crippen LogP contribution >= 0.6 is 23.2 Å². The van der Waals surface area contributed by atoms with E-state index in [1.54, 1.807) is 24.3 Å². The van der Waals surface area contributed by atoms with Crippen molar-refractivity contribution in [2.45, 2.75) is 22.7 Å². The van der Waals surface area contributed by atoms with E-state index in [9.17, 15) is 22.4 Å². The number of hydrogen-bond acceptors (Lipinski definition) is 5. The first-order chi connectivity index (χ1) is 19.0. The second kappa shape index (κ2) is 10.6. The third-order valence-corrected chi connectivity index (χ3v) is 9.15. The van der Waals surface area contributed by atoms with Crippen molar-refractivity contribution in [2.24, 2.45) is 4.99 Å². The predicted octanol–water partition coefficient (Wildman–Crippen LogP) is 5.40. The number of nitrogens with zero attached hydrogens (tertiary/aromatic N) is 1. The van der Waals surface area contributed by atoms with E-state index in [0.29, 0.717) is 5.02 Å². The van der Waals surface area contributed by atoms with Crippen LogP contribution in [0.2, 0.25) is 10.0 Å². The molecule has 5 rings (SSSR count). The van der Waals surface area contributed by atoms with Crippen LogP contribution in [-0.4, -0.2) is 30.4 Å². The highest BCUT2D eigenvalue weighted by molar-refractivity contribution is 7.93. The molecule has 204 valence electrons. The Hall–Kier alpha value is -3.86. The van der Waals surface area contributed by atoms with E-state index < -0.39 is 49.0 Å². The zero-order chi connectivity index (χ0) is 28.7. The maximum absolute atomic E-state index is 15.2. The number of H-pyrrole nitrogens is 1. The molecule has 1 aliphatic heterocycles. The molecule has 1 aliphatic rings. The number of sulfone groups is 1. The van der Waals surface area contributed by atoms with Crippen LogP contribution in [0.4, 0.5) is 8.78 Å². The van der Waals surface area contributed by atoms with Crippen LogP contribution in [0.25, 0.3) is 10.9 Å². The number of hydrogen-bond donors (Lipinski definition) is 2. The minimum atomic E-state index is -4.53. The van der Waals surface area contributed by atoms with Crippen LogP contribution in [0.3, 0.4) is 0 Å². The molecule has 4 aromatic rings. The molecule has 1 unspecified atom stereocenters. The number of pyridine rings is 1. The lowest BCUT2D eigenvalue weighted by atomic mass is 10.1. The molecule has 2 N–H and O–H groups in total. The quantitative estimate of drug-likeness (QED) is 0.296. The Bertz CT molecular complexity index is 1880. The molecule has 0 fully saturated rings. The number of carbonyl (C=O) groups is 1. The molecule has 40 heavy (non-hydrogen) atoms. The molecule has 0 bridgehead atoms. The molecule has 0 aliphatic carbocycles. The average molecular weight is 602 g/mol. The van der Waals surface area contributed by atoms with Gasteiger partial charge in [-0.2, -0.15) is 0 Å². The zero-order valence-electron chi connectivity index (χ0n) is 20.4. The summed E-state index contributed by atoms with van der Waals surface area (Å²) in [5, 5.41) is 2.90.